The maximum Gasteiger partial charge on any atom is 0.411 e. The number of methoxy groups -OCH3 is 2. The molecule has 25 heavy (non-hydrogen) atoms. The quantitative estimate of drug-likeness (QED) is 0.702. The minimum atomic E-state index is -5.66. The summed E-state index contributed by atoms with van der Waals surface area (Å²) in [6.45, 7) is 0. The van der Waals surface area contributed by atoms with Crippen LogP contribution in [0.2, 0.25) is 0 Å². The van der Waals surface area contributed by atoms with Gasteiger partial charge < -0.3 is 9.47 Å². The zero-order chi connectivity index (χ0) is 18.9. The van der Waals surface area contributed by atoms with E-state index in [-0.39, 0.29) is 5.75 Å². The summed E-state index contributed by atoms with van der Waals surface area (Å²) in [5.41, 5.74) is -6.24. The van der Waals surface area contributed by atoms with E-state index in [4.69, 9.17) is 9.47 Å². The summed E-state index contributed by atoms with van der Waals surface area (Å²) in [6.07, 6.45) is -11.3. The number of hydrogen-bond acceptors (Lipinski definition) is 2. The molecule has 136 valence electrons. The van der Waals surface area contributed by atoms with Crippen molar-refractivity contribution < 1.29 is 35.8 Å². The Hall–Kier alpha value is -2.38. The van der Waals surface area contributed by atoms with Crippen molar-refractivity contribution in [2.75, 3.05) is 14.2 Å². The fourth-order valence-corrected chi connectivity index (χ4v) is 2.74. The van der Waals surface area contributed by atoms with Gasteiger partial charge in [-0.25, -0.2) is 0 Å². The summed E-state index contributed by atoms with van der Waals surface area (Å²) >= 11 is 0. The SMILES string of the molecule is COc1ccc(C(c2ccccc2OC)(C(F)(F)F)C(F)(F)F)cc1. The monoisotopic (exact) mass is 364 g/mol. The molecule has 0 unspecified atom stereocenters. The Morgan fingerprint density at radius 1 is 0.680 bits per heavy atom. The van der Waals surface area contributed by atoms with Crippen LogP contribution < -0.4 is 9.47 Å². The molecule has 0 aromatic heterocycles. The van der Waals surface area contributed by atoms with Crippen LogP contribution in [0.5, 0.6) is 11.5 Å². The van der Waals surface area contributed by atoms with Gasteiger partial charge in [0.05, 0.1) is 14.2 Å². The van der Waals surface area contributed by atoms with Gasteiger partial charge in [-0.3, -0.25) is 0 Å². The van der Waals surface area contributed by atoms with Crippen LogP contribution in [0.25, 0.3) is 0 Å². The summed E-state index contributed by atoms with van der Waals surface area (Å²) in [5, 5.41) is 0. The summed E-state index contributed by atoms with van der Waals surface area (Å²) in [6, 6.07) is 7.85. The first-order chi connectivity index (χ1) is 11.6. The van der Waals surface area contributed by atoms with E-state index < -0.39 is 34.6 Å². The van der Waals surface area contributed by atoms with E-state index in [9.17, 15) is 26.3 Å². The predicted octanol–water partition coefficient (Wildman–Crippen LogP) is 5.11. The van der Waals surface area contributed by atoms with Gasteiger partial charge in [-0.1, -0.05) is 30.3 Å². The van der Waals surface area contributed by atoms with E-state index in [1.807, 2.05) is 0 Å². The van der Waals surface area contributed by atoms with Crippen LogP contribution in [0.15, 0.2) is 48.5 Å². The van der Waals surface area contributed by atoms with E-state index in [2.05, 4.69) is 0 Å². The summed E-state index contributed by atoms with van der Waals surface area (Å²) < 4.78 is 93.2. The van der Waals surface area contributed by atoms with Crippen molar-refractivity contribution >= 4 is 0 Å². The summed E-state index contributed by atoms with van der Waals surface area (Å²) in [7, 11) is 2.28. The Labute approximate surface area is 140 Å². The van der Waals surface area contributed by atoms with Crippen molar-refractivity contribution in [3.63, 3.8) is 0 Å². The lowest BCUT2D eigenvalue weighted by Gasteiger charge is -2.38. The molecule has 2 aromatic carbocycles. The van der Waals surface area contributed by atoms with Gasteiger partial charge in [-0.2, -0.15) is 26.3 Å². The van der Waals surface area contributed by atoms with Crippen molar-refractivity contribution in [2.45, 2.75) is 17.8 Å². The van der Waals surface area contributed by atoms with E-state index >= 15 is 0 Å². The van der Waals surface area contributed by atoms with Gasteiger partial charge in [0.15, 0.2) is 0 Å². The molecule has 0 amide bonds. The van der Waals surface area contributed by atoms with E-state index in [1.54, 1.807) is 0 Å². The smallest absolute Gasteiger partial charge is 0.411 e. The van der Waals surface area contributed by atoms with Crippen molar-refractivity contribution in [1.82, 2.24) is 0 Å². The molecule has 0 aliphatic heterocycles. The molecule has 0 spiro atoms. The molecule has 2 aromatic rings. The highest BCUT2D eigenvalue weighted by atomic mass is 19.4. The number of rotatable bonds is 4. The third-order valence-corrected chi connectivity index (χ3v) is 3.88. The average Bonchev–Trinajstić information content (AvgIpc) is 2.54. The van der Waals surface area contributed by atoms with Gasteiger partial charge in [0, 0.05) is 5.56 Å². The third kappa shape index (κ3) is 3.01. The minimum Gasteiger partial charge on any atom is -0.497 e. The van der Waals surface area contributed by atoms with Crippen molar-refractivity contribution in [3.05, 3.63) is 59.7 Å². The zero-order valence-electron chi connectivity index (χ0n) is 13.2. The maximum atomic E-state index is 13.9. The van der Waals surface area contributed by atoms with E-state index in [1.165, 1.54) is 13.2 Å². The second kappa shape index (κ2) is 6.50. The standard InChI is InChI=1S/C17H14F6O2/c1-24-12-9-7-11(8-10-12)15(16(18,19)20,17(21,22)23)13-5-3-4-6-14(13)25-2/h3-10H,1-2H3. The average molecular weight is 364 g/mol. The van der Waals surface area contributed by atoms with E-state index in [0.717, 1.165) is 49.6 Å². The molecule has 0 fully saturated rings. The fourth-order valence-electron chi connectivity index (χ4n) is 2.74. The van der Waals surface area contributed by atoms with Crippen molar-refractivity contribution in [1.29, 1.82) is 0 Å². The van der Waals surface area contributed by atoms with Gasteiger partial charge in [-0.15, -0.1) is 0 Å². The van der Waals surface area contributed by atoms with Crippen LogP contribution in [0, 0.1) is 0 Å². The Balaban J connectivity index is 2.91. The topological polar surface area (TPSA) is 18.5 Å². The molecule has 0 saturated heterocycles. The van der Waals surface area contributed by atoms with Gasteiger partial charge in [-0.05, 0) is 23.8 Å². The van der Waals surface area contributed by atoms with Gasteiger partial charge >= 0.3 is 12.4 Å². The van der Waals surface area contributed by atoms with Gasteiger partial charge in [0.1, 0.15) is 11.5 Å². The first-order valence-corrected chi connectivity index (χ1v) is 7.01. The molecule has 8 heteroatoms. The van der Waals surface area contributed by atoms with Crippen molar-refractivity contribution in [2.24, 2.45) is 0 Å². The van der Waals surface area contributed by atoms with Crippen LogP contribution in [0.3, 0.4) is 0 Å². The lowest BCUT2D eigenvalue weighted by atomic mass is 9.72. The molecule has 0 N–H and O–H groups in total. The molecule has 0 aliphatic rings. The normalized spacial score (nSPS) is 12.8. The minimum absolute atomic E-state index is 0.141. The molecule has 0 bridgehead atoms. The summed E-state index contributed by atoms with van der Waals surface area (Å²) in [5.74, 6) is -0.366. The second-order valence-electron chi connectivity index (χ2n) is 5.17. The fraction of sp³-hybridized carbons (Fsp3) is 0.294. The molecule has 2 rings (SSSR count). The van der Waals surface area contributed by atoms with Crippen LogP contribution in [-0.2, 0) is 5.41 Å². The third-order valence-electron chi connectivity index (χ3n) is 3.88. The lowest BCUT2D eigenvalue weighted by molar-refractivity contribution is -0.289. The van der Waals surface area contributed by atoms with Crippen LogP contribution in [-0.4, -0.2) is 26.6 Å². The molecular weight excluding hydrogens is 350 g/mol. The molecular formula is C17H14F6O2. The highest BCUT2D eigenvalue weighted by Crippen LogP contribution is 2.58. The molecule has 0 radical (unpaired) electrons. The molecule has 0 saturated carbocycles. The van der Waals surface area contributed by atoms with Gasteiger partial charge in [0.25, 0.3) is 0 Å². The number of alkyl halides is 6. The molecule has 0 heterocycles. The number of benzene rings is 2. The van der Waals surface area contributed by atoms with Crippen LogP contribution in [0.1, 0.15) is 11.1 Å². The molecule has 0 atom stereocenters. The first kappa shape index (κ1) is 19.0. The highest BCUT2D eigenvalue weighted by molar-refractivity contribution is 5.51. The number of halogens is 6. The molecule has 0 aliphatic carbocycles. The van der Waals surface area contributed by atoms with Crippen LogP contribution in [0.4, 0.5) is 26.3 Å². The lowest BCUT2D eigenvalue weighted by Crippen LogP contribution is -2.54. The number of hydrogen-bond donors (Lipinski definition) is 0. The predicted molar refractivity (Wildman–Crippen MR) is 78.9 cm³/mol. The summed E-state index contributed by atoms with van der Waals surface area (Å²) in [4.78, 5) is 0. The van der Waals surface area contributed by atoms with Crippen molar-refractivity contribution in [3.8, 4) is 11.5 Å². The zero-order valence-corrected chi connectivity index (χ0v) is 13.2. The Morgan fingerprint density at radius 3 is 1.64 bits per heavy atom. The number of para-hydroxylation sites is 1. The first-order valence-electron chi connectivity index (χ1n) is 7.01. The maximum absolute atomic E-state index is 13.9. The molecule has 2 nitrogen and oxygen atoms in total. The Kier molecular flexibility index (Phi) is 4.92. The van der Waals surface area contributed by atoms with Crippen LogP contribution >= 0.6 is 0 Å². The van der Waals surface area contributed by atoms with E-state index in [0.29, 0.717) is 0 Å². The highest BCUT2D eigenvalue weighted by Gasteiger charge is 2.73. The number of ether oxygens (including phenoxy) is 2. The Bertz CT molecular complexity index is 705. The largest absolute Gasteiger partial charge is 0.497 e. The second-order valence-corrected chi connectivity index (χ2v) is 5.17. The Morgan fingerprint density at radius 2 is 1.20 bits per heavy atom. The van der Waals surface area contributed by atoms with Gasteiger partial charge in [0.2, 0.25) is 5.41 Å².